The summed E-state index contributed by atoms with van der Waals surface area (Å²) < 4.78 is 5.69. The van der Waals surface area contributed by atoms with E-state index in [1.807, 2.05) is 4.90 Å². The molecule has 0 aliphatic carbocycles. The third-order valence-electron chi connectivity index (χ3n) is 4.30. The minimum Gasteiger partial charge on any atom is -0.364 e. The fourth-order valence-corrected chi connectivity index (χ4v) is 2.89. The molecule has 4 nitrogen and oxygen atoms in total. The van der Waals surface area contributed by atoms with Crippen molar-refractivity contribution in [1.29, 1.82) is 0 Å². The number of amides is 1. The minimum absolute atomic E-state index is 0.0847. The van der Waals surface area contributed by atoms with E-state index in [4.69, 9.17) is 10.5 Å². The average Bonchev–Trinajstić information content (AvgIpc) is 2.80. The van der Waals surface area contributed by atoms with E-state index >= 15 is 0 Å². The smallest absolute Gasteiger partial charge is 0.251 e. The van der Waals surface area contributed by atoms with Crippen LogP contribution in [0, 0.1) is 5.92 Å². The summed E-state index contributed by atoms with van der Waals surface area (Å²) in [7, 11) is 0. The van der Waals surface area contributed by atoms with Gasteiger partial charge in [-0.25, -0.2) is 0 Å². The molecule has 2 fully saturated rings. The normalized spacial score (nSPS) is 38.4. The van der Waals surface area contributed by atoms with Gasteiger partial charge in [0.25, 0.3) is 5.91 Å². The van der Waals surface area contributed by atoms with Gasteiger partial charge in [0, 0.05) is 19.1 Å². The summed E-state index contributed by atoms with van der Waals surface area (Å²) in [6.07, 6.45) is 3.94. The predicted molar refractivity (Wildman–Crippen MR) is 66.5 cm³/mol. The zero-order valence-electron chi connectivity index (χ0n) is 10.9. The van der Waals surface area contributed by atoms with Gasteiger partial charge in [-0.05, 0) is 38.5 Å². The summed E-state index contributed by atoms with van der Waals surface area (Å²) in [6, 6.07) is 0.344. The molecule has 2 N–H and O–H groups in total. The lowest BCUT2D eigenvalue weighted by Crippen LogP contribution is -2.50. The molecule has 0 aromatic carbocycles. The largest absolute Gasteiger partial charge is 0.364 e. The molecule has 17 heavy (non-hydrogen) atoms. The van der Waals surface area contributed by atoms with Crippen molar-refractivity contribution in [3.05, 3.63) is 0 Å². The quantitative estimate of drug-likeness (QED) is 0.787. The highest BCUT2D eigenvalue weighted by molar-refractivity contribution is 5.81. The van der Waals surface area contributed by atoms with E-state index in [-0.39, 0.29) is 18.1 Å². The molecule has 98 valence electrons. The van der Waals surface area contributed by atoms with E-state index in [9.17, 15) is 4.79 Å². The summed E-state index contributed by atoms with van der Waals surface area (Å²) in [5.74, 6) is 0.777. The first-order chi connectivity index (χ1) is 8.13. The Morgan fingerprint density at radius 1 is 1.35 bits per heavy atom. The van der Waals surface area contributed by atoms with Crippen LogP contribution in [0.2, 0.25) is 0 Å². The van der Waals surface area contributed by atoms with Crippen molar-refractivity contribution in [3.8, 4) is 0 Å². The lowest BCUT2D eigenvalue weighted by Gasteiger charge is -2.39. The Labute approximate surface area is 103 Å². The molecule has 0 bridgehead atoms. The van der Waals surface area contributed by atoms with Crippen LogP contribution in [0.15, 0.2) is 0 Å². The minimum atomic E-state index is -0.240. The third-order valence-corrected chi connectivity index (χ3v) is 4.30. The maximum Gasteiger partial charge on any atom is 0.251 e. The average molecular weight is 240 g/mol. The summed E-state index contributed by atoms with van der Waals surface area (Å²) in [6.45, 7) is 5.78. The molecule has 1 amide bonds. The number of piperidine rings is 1. The molecule has 0 aromatic heterocycles. The van der Waals surface area contributed by atoms with Crippen molar-refractivity contribution in [2.45, 2.75) is 57.8 Å². The number of nitrogens with zero attached hydrogens (tertiary/aromatic N) is 1. The second-order valence-corrected chi connectivity index (χ2v) is 5.45. The van der Waals surface area contributed by atoms with Gasteiger partial charge in [0.05, 0.1) is 6.10 Å². The number of hydrogen-bond acceptors (Lipinski definition) is 3. The fourth-order valence-electron chi connectivity index (χ4n) is 2.89. The van der Waals surface area contributed by atoms with Crippen molar-refractivity contribution < 1.29 is 9.53 Å². The molecule has 0 spiro atoms. The van der Waals surface area contributed by atoms with Crippen molar-refractivity contribution in [1.82, 2.24) is 4.90 Å². The van der Waals surface area contributed by atoms with Crippen molar-refractivity contribution in [2.75, 3.05) is 13.1 Å². The third kappa shape index (κ3) is 2.63. The first kappa shape index (κ1) is 12.8. The molecular weight excluding hydrogens is 216 g/mol. The van der Waals surface area contributed by atoms with E-state index in [1.54, 1.807) is 0 Å². The van der Waals surface area contributed by atoms with Crippen LogP contribution in [-0.4, -0.2) is 42.1 Å². The van der Waals surface area contributed by atoms with Crippen molar-refractivity contribution in [2.24, 2.45) is 11.7 Å². The van der Waals surface area contributed by atoms with Crippen LogP contribution in [-0.2, 0) is 9.53 Å². The number of carbonyl (C=O) groups is 1. The van der Waals surface area contributed by atoms with Crippen LogP contribution >= 0.6 is 0 Å². The number of ether oxygens (including phenoxy) is 1. The summed E-state index contributed by atoms with van der Waals surface area (Å²) in [4.78, 5) is 14.4. The molecule has 4 heteroatoms. The molecular formula is C13H24N2O2. The molecule has 2 saturated heterocycles. The molecule has 2 aliphatic rings. The topological polar surface area (TPSA) is 55.6 Å². The van der Waals surface area contributed by atoms with Crippen molar-refractivity contribution in [3.63, 3.8) is 0 Å². The first-order valence-corrected chi connectivity index (χ1v) is 6.79. The summed E-state index contributed by atoms with van der Waals surface area (Å²) >= 11 is 0. The predicted octanol–water partition coefficient (Wildman–Crippen LogP) is 1.14. The number of hydrogen-bond donors (Lipinski definition) is 1. The number of likely N-dealkylation sites (tertiary alicyclic amines) is 1. The van der Waals surface area contributed by atoms with Crippen LogP contribution in [0.3, 0.4) is 0 Å². The SMILES string of the molecule is CC1CCCN(C(=O)C2CCC(CN)O2)C1C. The monoisotopic (exact) mass is 240 g/mol. The standard InChI is InChI=1S/C13H24N2O2/c1-9-4-3-7-15(10(9)2)13(16)12-6-5-11(8-14)17-12/h9-12H,3-8,14H2,1-2H3. The molecule has 2 rings (SSSR count). The summed E-state index contributed by atoms with van der Waals surface area (Å²) in [5, 5.41) is 0. The Balaban J connectivity index is 1.95. The van der Waals surface area contributed by atoms with Gasteiger partial charge in [0.1, 0.15) is 6.10 Å². The molecule has 0 radical (unpaired) electrons. The lowest BCUT2D eigenvalue weighted by molar-refractivity contribution is -0.147. The van der Waals surface area contributed by atoms with E-state index in [1.165, 1.54) is 6.42 Å². The Hall–Kier alpha value is -0.610. The van der Waals surface area contributed by atoms with E-state index < -0.39 is 0 Å². The highest BCUT2D eigenvalue weighted by Gasteiger charge is 2.36. The maximum atomic E-state index is 12.4. The Kier molecular flexibility index (Phi) is 4.05. The molecule has 0 saturated carbocycles. The molecule has 4 unspecified atom stereocenters. The van der Waals surface area contributed by atoms with Crippen LogP contribution in [0.1, 0.15) is 39.5 Å². The maximum absolute atomic E-state index is 12.4. The van der Waals surface area contributed by atoms with Gasteiger partial charge >= 0.3 is 0 Å². The first-order valence-electron chi connectivity index (χ1n) is 6.79. The van der Waals surface area contributed by atoms with E-state index in [2.05, 4.69) is 13.8 Å². The van der Waals surface area contributed by atoms with Gasteiger partial charge in [-0.1, -0.05) is 6.92 Å². The van der Waals surface area contributed by atoms with Gasteiger partial charge in [-0.2, -0.15) is 0 Å². The molecule has 0 aromatic rings. The number of nitrogens with two attached hydrogens (primary N) is 1. The fraction of sp³-hybridized carbons (Fsp3) is 0.923. The second-order valence-electron chi connectivity index (χ2n) is 5.45. The van der Waals surface area contributed by atoms with Gasteiger partial charge in [-0.15, -0.1) is 0 Å². The van der Waals surface area contributed by atoms with E-state index in [0.717, 1.165) is 25.8 Å². The Bertz CT molecular complexity index is 283. The second kappa shape index (κ2) is 5.36. The van der Waals surface area contributed by atoms with Gasteiger partial charge in [0.2, 0.25) is 0 Å². The molecule has 4 atom stereocenters. The van der Waals surface area contributed by atoms with Crippen LogP contribution in [0.5, 0.6) is 0 Å². The van der Waals surface area contributed by atoms with Gasteiger partial charge in [0.15, 0.2) is 0 Å². The van der Waals surface area contributed by atoms with Crippen LogP contribution in [0.25, 0.3) is 0 Å². The van der Waals surface area contributed by atoms with Crippen LogP contribution in [0.4, 0.5) is 0 Å². The number of rotatable bonds is 2. The van der Waals surface area contributed by atoms with Crippen molar-refractivity contribution >= 4 is 5.91 Å². The zero-order valence-corrected chi connectivity index (χ0v) is 10.9. The van der Waals surface area contributed by atoms with E-state index in [0.29, 0.717) is 18.5 Å². The Morgan fingerprint density at radius 3 is 2.76 bits per heavy atom. The zero-order chi connectivity index (χ0) is 12.4. The number of carbonyl (C=O) groups excluding carboxylic acids is 1. The van der Waals surface area contributed by atoms with Gasteiger partial charge in [-0.3, -0.25) is 4.79 Å². The lowest BCUT2D eigenvalue weighted by atomic mass is 9.91. The highest BCUT2D eigenvalue weighted by atomic mass is 16.5. The Morgan fingerprint density at radius 2 is 2.12 bits per heavy atom. The molecule has 2 aliphatic heterocycles. The highest BCUT2D eigenvalue weighted by Crippen LogP contribution is 2.27. The van der Waals surface area contributed by atoms with Crippen LogP contribution < -0.4 is 5.73 Å². The summed E-state index contributed by atoms with van der Waals surface area (Å²) in [5.41, 5.74) is 5.57. The van der Waals surface area contributed by atoms with Gasteiger partial charge < -0.3 is 15.4 Å². The molecule has 2 heterocycles.